The number of rotatable bonds is 6. The maximum atomic E-state index is 11.5. The predicted octanol–water partition coefficient (Wildman–Crippen LogP) is 4.43. The van der Waals surface area contributed by atoms with Crippen molar-refractivity contribution in [2.45, 2.75) is 11.4 Å². The number of halogens is 1. The lowest BCUT2D eigenvalue weighted by Gasteiger charge is -2.09. The molecule has 0 aliphatic heterocycles. The van der Waals surface area contributed by atoms with E-state index in [9.17, 15) is 8.42 Å². The van der Waals surface area contributed by atoms with Gasteiger partial charge in [-0.2, -0.15) is 0 Å². The maximum Gasteiger partial charge on any atom is 0.193 e. The molecule has 0 heterocycles. The molecule has 0 radical (unpaired) electrons. The number of guanidine groups is 1. The first-order valence-corrected chi connectivity index (χ1v) is 10.5. The smallest absolute Gasteiger partial charge is 0.193 e. The molecule has 0 saturated heterocycles. The Kier molecular flexibility index (Phi) is 8.03. The van der Waals surface area contributed by atoms with Gasteiger partial charge >= 0.3 is 0 Å². The van der Waals surface area contributed by atoms with Gasteiger partial charge in [0.25, 0.3) is 0 Å². The molecule has 0 amide bonds. The van der Waals surface area contributed by atoms with Gasteiger partial charge in [-0.25, -0.2) is 13.4 Å². The van der Waals surface area contributed by atoms with E-state index in [1.165, 1.54) is 6.26 Å². The van der Waals surface area contributed by atoms with Crippen molar-refractivity contribution in [3.8, 4) is 11.5 Å². The van der Waals surface area contributed by atoms with Gasteiger partial charge in [-0.3, -0.25) is 0 Å². The molecule has 0 bridgehead atoms. The quantitative estimate of drug-likeness (QED) is 0.283. The SMILES string of the molecule is CS(=O)(=O)c1ccc(CN=C(N)Nc2cccc(Oc3ccccc3)c2)cc1.I. The standard InChI is InChI=1S/C21H21N3O3S.HI/c1-28(25,26)20-12-10-16(11-13-20)15-23-21(22)24-17-6-5-9-19(14-17)27-18-7-3-2-4-8-18;/h2-14H,15H2,1H3,(H3,22,23,24);1H. The summed E-state index contributed by atoms with van der Waals surface area (Å²) < 4.78 is 28.8. The van der Waals surface area contributed by atoms with Crippen molar-refractivity contribution in [1.29, 1.82) is 0 Å². The summed E-state index contributed by atoms with van der Waals surface area (Å²) >= 11 is 0. The van der Waals surface area contributed by atoms with Gasteiger partial charge in [0.15, 0.2) is 15.8 Å². The average Bonchev–Trinajstić information content (AvgIpc) is 2.67. The van der Waals surface area contributed by atoms with E-state index in [0.717, 1.165) is 17.0 Å². The first kappa shape index (κ1) is 22.7. The molecule has 29 heavy (non-hydrogen) atoms. The van der Waals surface area contributed by atoms with Crippen LogP contribution in [0.1, 0.15) is 5.56 Å². The molecule has 0 fully saturated rings. The van der Waals surface area contributed by atoms with Crippen molar-refractivity contribution >= 4 is 45.5 Å². The Bertz CT molecular complexity index is 1070. The number of hydrogen-bond acceptors (Lipinski definition) is 4. The van der Waals surface area contributed by atoms with Crippen molar-refractivity contribution in [3.63, 3.8) is 0 Å². The lowest BCUT2D eigenvalue weighted by molar-refractivity contribution is 0.483. The molecular weight excluding hydrogens is 501 g/mol. The van der Waals surface area contributed by atoms with Crippen LogP contribution in [0.2, 0.25) is 0 Å². The number of ether oxygens (including phenoxy) is 1. The number of aliphatic imine (C=N–C) groups is 1. The van der Waals surface area contributed by atoms with Gasteiger partial charge in [-0.1, -0.05) is 36.4 Å². The van der Waals surface area contributed by atoms with Gasteiger partial charge in [0, 0.05) is 18.0 Å². The van der Waals surface area contributed by atoms with Crippen LogP contribution in [0.15, 0.2) is 88.8 Å². The summed E-state index contributed by atoms with van der Waals surface area (Å²) in [5.74, 6) is 1.68. The second kappa shape index (κ2) is 10.3. The summed E-state index contributed by atoms with van der Waals surface area (Å²) in [6.07, 6.45) is 1.18. The Balaban J connectivity index is 0.00000300. The third kappa shape index (κ3) is 7.06. The van der Waals surface area contributed by atoms with E-state index < -0.39 is 9.84 Å². The van der Waals surface area contributed by atoms with E-state index in [4.69, 9.17) is 10.5 Å². The fraction of sp³-hybridized carbons (Fsp3) is 0.0952. The molecule has 3 aromatic carbocycles. The van der Waals surface area contributed by atoms with E-state index in [1.54, 1.807) is 24.3 Å². The molecule has 0 unspecified atom stereocenters. The number of benzene rings is 3. The van der Waals surface area contributed by atoms with Gasteiger partial charge < -0.3 is 15.8 Å². The van der Waals surface area contributed by atoms with Crippen LogP contribution >= 0.6 is 24.0 Å². The molecule has 0 aliphatic carbocycles. The minimum Gasteiger partial charge on any atom is -0.457 e. The van der Waals surface area contributed by atoms with E-state index in [0.29, 0.717) is 12.3 Å². The number of para-hydroxylation sites is 1. The fourth-order valence-corrected chi connectivity index (χ4v) is 3.10. The van der Waals surface area contributed by atoms with Gasteiger partial charge in [0.2, 0.25) is 0 Å². The van der Waals surface area contributed by atoms with Gasteiger partial charge in [-0.15, -0.1) is 24.0 Å². The van der Waals surface area contributed by atoms with E-state index >= 15 is 0 Å². The number of nitrogens with zero attached hydrogens (tertiary/aromatic N) is 1. The highest BCUT2D eigenvalue weighted by Crippen LogP contribution is 2.23. The zero-order chi connectivity index (χ0) is 20.0. The number of nitrogens with two attached hydrogens (primary N) is 1. The highest BCUT2D eigenvalue weighted by atomic mass is 127. The zero-order valence-corrected chi connectivity index (χ0v) is 18.9. The van der Waals surface area contributed by atoms with Gasteiger partial charge in [0.1, 0.15) is 11.5 Å². The Labute approximate surface area is 187 Å². The maximum absolute atomic E-state index is 11.5. The Morgan fingerprint density at radius 1 is 0.966 bits per heavy atom. The summed E-state index contributed by atoms with van der Waals surface area (Å²) in [6, 6.07) is 23.5. The second-order valence-electron chi connectivity index (χ2n) is 6.19. The van der Waals surface area contributed by atoms with Crippen LogP contribution in [0.4, 0.5) is 5.69 Å². The second-order valence-corrected chi connectivity index (χ2v) is 8.20. The fourth-order valence-electron chi connectivity index (χ4n) is 2.47. The van der Waals surface area contributed by atoms with Crippen molar-refractivity contribution in [2.24, 2.45) is 10.7 Å². The summed E-state index contributed by atoms with van der Waals surface area (Å²) in [5.41, 5.74) is 7.57. The molecule has 0 aromatic heterocycles. The Morgan fingerprint density at radius 2 is 1.62 bits per heavy atom. The molecular formula is C21H22IN3O3S. The Hall–Kier alpha value is -2.59. The lowest BCUT2D eigenvalue weighted by Crippen LogP contribution is -2.22. The van der Waals surface area contributed by atoms with Gasteiger partial charge in [0.05, 0.1) is 11.4 Å². The number of anilines is 1. The van der Waals surface area contributed by atoms with Crippen LogP contribution in [0, 0.1) is 0 Å². The summed E-state index contributed by atoms with van der Waals surface area (Å²) in [5, 5.41) is 3.03. The minimum atomic E-state index is -3.20. The van der Waals surface area contributed by atoms with Crippen LogP contribution in [-0.2, 0) is 16.4 Å². The van der Waals surface area contributed by atoms with Crippen LogP contribution in [0.3, 0.4) is 0 Å². The van der Waals surface area contributed by atoms with Crippen molar-refractivity contribution in [3.05, 3.63) is 84.4 Å². The normalized spacial score (nSPS) is 11.4. The highest BCUT2D eigenvalue weighted by Gasteiger charge is 2.06. The number of hydrogen-bond donors (Lipinski definition) is 2. The number of sulfone groups is 1. The lowest BCUT2D eigenvalue weighted by atomic mass is 10.2. The molecule has 0 saturated carbocycles. The van der Waals surface area contributed by atoms with Crippen molar-refractivity contribution in [2.75, 3.05) is 11.6 Å². The summed E-state index contributed by atoms with van der Waals surface area (Å²) in [4.78, 5) is 4.57. The highest BCUT2D eigenvalue weighted by molar-refractivity contribution is 14.0. The third-order valence-electron chi connectivity index (χ3n) is 3.87. The third-order valence-corrected chi connectivity index (χ3v) is 5.00. The zero-order valence-electron chi connectivity index (χ0n) is 15.8. The predicted molar refractivity (Wildman–Crippen MR) is 127 cm³/mol. The molecule has 8 heteroatoms. The first-order chi connectivity index (χ1) is 13.4. The largest absolute Gasteiger partial charge is 0.457 e. The summed E-state index contributed by atoms with van der Waals surface area (Å²) in [6.45, 7) is 0.336. The van der Waals surface area contributed by atoms with Crippen LogP contribution in [0.25, 0.3) is 0 Å². The minimum absolute atomic E-state index is 0. The van der Waals surface area contributed by atoms with Gasteiger partial charge in [-0.05, 0) is 42.0 Å². The Morgan fingerprint density at radius 3 is 2.28 bits per heavy atom. The van der Waals surface area contributed by atoms with E-state index in [-0.39, 0.29) is 34.8 Å². The molecule has 6 nitrogen and oxygen atoms in total. The molecule has 3 rings (SSSR count). The molecule has 0 spiro atoms. The molecule has 0 atom stereocenters. The molecule has 3 N–H and O–H groups in total. The van der Waals surface area contributed by atoms with E-state index in [2.05, 4.69) is 10.3 Å². The van der Waals surface area contributed by atoms with Crippen LogP contribution in [0.5, 0.6) is 11.5 Å². The van der Waals surface area contributed by atoms with E-state index in [1.807, 2.05) is 54.6 Å². The first-order valence-electron chi connectivity index (χ1n) is 8.59. The molecule has 3 aromatic rings. The molecule has 152 valence electrons. The average molecular weight is 523 g/mol. The van der Waals surface area contributed by atoms with Crippen molar-refractivity contribution in [1.82, 2.24) is 0 Å². The number of nitrogens with one attached hydrogen (secondary N) is 1. The van der Waals surface area contributed by atoms with Crippen molar-refractivity contribution < 1.29 is 13.2 Å². The van der Waals surface area contributed by atoms with Crippen LogP contribution in [-0.4, -0.2) is 20.6 Å². The monoisotopic (exact) mass is 523 g/mol. The topological polar surface area (TPSA) is 93.8 Å². The summed E-state index contributed by atoms with van der Waals surface area (Å²) in [7, 11) is -3.20. The van der Waals surface area contributed by atoms with Crippen LogP contribution < -0.4 is 15.8 Å². The molecule has 0 aliphatic rings.